The topological polar surface area (TPSA) is 21.3 Å². The van der Waals surface area contributed by atoms with Crippen LogP contribution in [0, 0.1) is 5.92 Å². The van der Waals surface area contributed by atoms with E-state index in [9.17, 15) is 0 Å². The van der Waals surface area contributed by atoms with Gasteiger partial charge in [-0.15, -0.1) is 11.3 Å². The quantitative estimate of drug-likeness (QED) is 0.806. The van der Waals surface area contributed by atoms with Crippen LogP contribution in [0.5, 0.6) is 0 Å². The summed E-state index contributed by atoms with van der Waals surface area (Å²) in [7, 11) is 1.76. The summed E-state index contributed by atoms with van der Waals surface area (Å²) in [5, 5.41) is 5.72. The molecule has 1 rings (SSSR count). The molecule has 3 heteroatoms. The van der Waals surface area contributed by atoms with Gasteiger partial charge in [-0.3, -0.25) is 0 Å². The molecule has 1 N–H and O–H groups in total. The third-order valence-corrected chi connectivity index (χ3v) is 3.64. The lowest BCUT2D eigenvalue weighted by molar-refractivity contribution is 0.142. The highest BCUT2D eigenvalue weighted by molar-refractivity contribution is 7.10. The molecule has 2 unspecified atom stereocenters. The monoisotopic (exact) mass is 227 g/mol. The Balaban J connectivity index is 2.50. The van der Waals surface area contributed by atoms with Crippen LogP contribution in [0.4, 0.5) is 0 Å². The third kappa shape index (κ3) is 3.93. The molecule has 0 spiro atoms. The SMILES string of the molecule is COCC(NC(C)c1cccs1)C(C)C. The highest BCUT2D eigenvalue weighted by atomic mass is 32.1. The molecular weight excluding hydrogens is 206 g/mol. The van der Waals surface area contributed by atoms with Crippen LogP contribution in [0.1, 0.15) is 31.7 Å². The maximum atomic E-state index is 5.22. The zero-order valence-electron chi connectivity index (χ0n) is 9.99. The maximum absolute atomic E-state index is 5.22. The predicted octanol–water partition coefficient (Wildman–Crippen LogP) is 3.07. The van der Waals surface area contributed by atoms with Crippen molar-refractivity contribution in [3.63, 3.8) is 0 Å². The van der Waals surface area contributed by atoms with E-state index in [1.165, 1.54) is 4.88 Å². The second-order valence-corrected chi connectivity index (χ2v) is 5.19. The summed E-state index contributed by atoms with van der Waals surface area (Å²) >= 11 is 1.80. The molecule has 0 saturated heterocycles. The zero-order valence-corrected chi connectivity index (χ0v) is 10.8. The first-order chi connectivity index (χ1) is 7.15. The van der Waals surface area contributed by atoms with Gasteiger partial charge in [0.15, 0.2) is 0 Å². The first kappa shape index (κ1) is 12.7. The summed E-state index contributed by atoms with van der Waals surface area (Å²) < 4.78 is 5.22. The molecule has 0 aliphatic rings. The van der Waals surface area contributed by atoms with E-state index in [0.717, 1.165) is 6.61 Å². The molecule has 1 heterocycles. The molecule has 0 aromatic carbocycles. The van der Waals surface area contributed by atoms with E-state index in [4.69, 9.17) is 4.74 Å². The van der Waals surface area contributed by atoms with E-state index in [0.29, 0.717) is 18.0 Å². The minimum Gasteiger partial charge on any atom is -0.383 e. The number of ether oxygens (including phenoxy) is 1. The van der Waals surface area contributed by atoms with Gasteiger partial charge in [0.1, 0.15) is 0 Å². The largest absolute Gasteiger partial charge is 0.383 e. The van der Waals surface area contributed by atoms with Crippen molar-refractivity contribution >= 4 is 11.3 Å². The second-order valence-electron chi connectivity index (χ2n) is 4.21. The lowest BCUT2D eigenvalue weighted by Crippen LogP contribution is -2.39. The van der Waals surface area contributed by atoms with Gasteiger partial charge in [-0.2, -0.15) is 0 Å². The Morgan fingerprint density at radius 3 is 2.60 bits per heavy atom. The van der Waals surface area contributed by atoms with Crippen molar-refractivity contribution in [1.82, 2.24) is 5.32 Å². The Labute approximate surface area is 96.7 Å². The van der Waals surface area contributed by atoms with Crippen LogP contribution < -0.4 is 5.32 Å². The van der Waals surface area contributed by atoms with E-state index in [1.54, 1.807) is 18.4 Å². The van der Waals surface area contributed by atoms with Crippen LogP contribution in [0.2, 0.25) is 0 Å². The summed E-state index contributed by atoms with van der Waals surface area (Å²) in [5.74, 6) is 0.590. The summed E-state index contributed by atoms with van der Waals surface area (Å²) in [5.41, 5.74) is 0. The molecule has 0 bridgehead atoms. The molecule has 0 aliphatic heterocycles. The Morgan fingerprint density at radius 2 is 2.13 bits per heavy atom. The van der Waals surface area contributed by atoms with E-state index in [2.05, 4.69) is 43.6 Å². The molecule has 15 heavy (non-hydrogen) atoms. The summed E-state index contributed by atoms with van der Waals surface area (Å²) in [4.78, 5) is 1.39. The predicted molar refractivity (Wildman–Crippen MR) is 66.4 cm³/mol. The van der Waals surface area contributed by atoms with E-state index < -0.39 is 0 Å². The molecule has 1 aromatic heterocycles. The van der Waals surface area contributed by atoms with Gasteiger partial charge >= 0.3 is 0 Å². The van der Waals surface area contributed by atoms with Gasteiger partial charge in [-0.05, 0) is 24.3 Å². The van der Waals surface area contributed by atoms with Crippen molar-refractivity contribution in [2.24, 2.45) is 5.92 Å². The van der Waals surface area contributed by atoms with Gasteiger partial charge in [0.05, 0.1) is 6.61 Å². The van der Waals surface area contributed by atoms with Crippen LogP contribution in [0.3, 0.4) is 0 Å². The average molecular weight is 227 g/mol. The number of nitrogens with one attached hydrogen (secondary N) is 1. The van der Waals surface area contributed by atoms with E-state index >= 15 is 0 Å². The summed E-state index contributed by atoms with van der Waals surface area (Å²) in [6, 6.07) is 5.10. The fourth-order valence-corrected chi connectivity index (χ4v) is 2.30. The van der Waals surface area contributed by atoms with Gasteiger partial charge in [-0.25, -0.2) is 0 Å². The first-order valence-corrected chi connectivity index (χ1v) is 6.31. The van der Waals surface area contributed by atoms with Crippen molar-refractivity contribution in [1.29, 1.82) is 0 Å². The van der Waals surface area contributed by atoms with Gasteiger partial charge < -0.3 is 10.1 Å². The van der Waals surface area contributed by atoms with Gasteiger partial charge in [-0.1, -0.05) is 19.9 Å². The van der Waals surface area contributed by atoms with Crippen molar-refractivity contribution in [2.45, 2.75) is 32.9 Å². The molecule has 2 nitrogen and oxygen atoms in total. The Bertz CT molecular complexity index is 259. The lowest BCUT2D eigenvalue weighted by atomic mass is 10.0. The molecule has 0 amide bonds. The molecular formula is C12H21NOS. The first-order valence-electron chi connectivity index (χ1n) is 5.43. The van der Waals surface area contributed by atoms with Crippen molar-refractivity contribution in [3.8, 4) is 0 Å². The number of hydrogen-bond donors (Lipinski definition) is 1. The molecule has 0 aliphatic carbocycles. The van der Waals surface area contributed by atoms with Crippen molar-refractivity contribution in [2.75, 3.05) is 13.7 Å². The summed E-state index contributed by atoms with van der Waals surface area (Å²) in [6.45, 7) is 7.42. The van der Waals surface area contributed by atoms with E-state index in [-0.39, 0.29) is 0 Å². The van der Waals surface area contributed by atoms with E-state index in [1.807, 2.05) is 0 Å². The van der Waals surface area contributed by atoms with Crippen LogP contribution in [-0.2, 0) is 4.74 Å². The van der Waals surface area contributed by atoms with Crippen LogP contribution >= 0.6 is 11.3 Å². The minimum absolute atomic E-state index is 0.410. The Morgan fingerprint density at radius 1 is 1.40 bits per heavy atom. The van der Waals surface area contributed by atoms with Crippen LogP contribution in [-0.4, -0.2) is 19.8 Å². The van der Waals surface area contributed by atoms with Gasteiger partial charge in [0.2, 0.25) is 0 Å². The average Bonchev–Trinajstić information content (AvgIpc) is 2.69. The molecule has 1 aromatic rings. The highest BCUT2D eigenvalue weighted by Crippen LogP contribution is 2.19. The number of hydrogen-bond acceptors (Lipinski definition) is 3. The summed E-state index contributed by atoms with van der Waals surface area (Å²) in [6.07, 6.45) is 0. The number of rotatable bonds is 6. The number of methoxy groups -OCH3 is 1. The normalized spacial score (nSPS) is 15.5. The Hall–Kier alpha value is -0.380. The van der Waals surface area contributed by atoms with Crippen molar-refractivity contribution < 1.29 is 4.74 Å². The molecule has 0 radical (unpaired) electrons. The second kappa shape index (κ2) is 6.26. The molecule has 0 fully saturated rings. The number of thiophene rings is 1. The van der Waals surface area contributed by atoms with Crippen LogP contribution in [0.25, 0.3) is 0 Å². The maximum Gasteiger partial charge on any atom is 0.0618 e. The smallest absolute Gasteiger partial charge is 0.0618 e. The fourth-order valence-electron chi connectivity index (χ4n) is 1.55. The molecule has 86 valence electrons. The Kier molecular flexibility index (Phi) is 5.29. The highest BCUT2D eigenvalue weighted by Gasteiger charge is 2.16. The molecule has 0 saturated carbocycles. The fraction of sp³-hybridized carbons (Fsp3) is 0.667. The van der Waals surface area contributed by atoms with Gasteiger partial charge in [0.25, 0.3) is 0 Å². The van der Waals surface area contributed by atoms with Gasteiger partial charge in [0, 0.05) is 24.1 Å². The molecule has 2 atom stereocenters. The van der Waals surface area contributed by atoms with Crippen LogP contribution in [0.15, 0.2) is 17.5 Å². The minimum atomic E-state index is 0.410. The lowest BCUT2D eigenvalue weighted by Gasteiger charge is -2.25. The zero-order chi connectivity index (χ0) is 11.3. The van der Waals surface area contributed by atoms with Crippen molar-refractivity contribution in [3.05, 3.63) is 22.4 Å². The third-order valence-electron chi connectivity index (χ3n) is 2.58. The standard InChI is InChI=1S/C12H21NOS/c1-9(2)11(8-14-4)13-10(3)12-6-5-7-15-12/h5-7,9-11,13H,8H2,1-4H3.